The summed E-state index contributed by atoms with van der Waals surface area (Å²) in [6.45, 7) is 2.11. The number of amides is 1. The van der Waals surface area contributed by atoms with E-state index >= 15 is 0 Å². The van der Waals surface area contributed by atoms with E-state index in [2.05, 4.69) is 21.2 Å². The summed E-state index contributed by atoms with van der Waals surface area (Å²) >= 11 is 3.43. The first-order chi connectivity index (χ1) is 12.3. The van der Waals surface area contributed by atoms with Gasteiger partial charge >= 0.3 is 0 Å². The van der Waals surface area contributed by atoms with Gasteiger partial charge in [0.25, 0.3) is 5.91 Å². The normalized spacial score (nSPS) is 17.0. The van der Waals surface area contributed by atoms with Crippen molar-refractivity contribution in [2.45, 2.75) is 19.4 Å². The Morgan fingerprint density at radius 1 is 1.27 bits per heavy atom. The maximum atomic E-state index is 12.7. The number of hydrogen-bond donors (Lipinski definition) is 1. The molecule has 6 nitrogen and oxygen atoms in total. The number of hydrogen-bond acceptors (Lipinski definition) is 4. The van der Waals surface area contributed by atoms with Crippen molar-refractivity contribution in [1.29, 1.82) is 0 Å². The molecule has 0 fully saturated rings. The first kappa shape index (κ1) is 18.7. The number of nitrogens with one attached hydrogen (secondary N) is 1. The summed E-state index contributed by atoms with van der Waals surface area (Å²) in [6, 6.07) is 12.3. The lowest BCUT2D eigenvalue weighted by Gasteiger charge is -2.20. The molecular weight excluding hydrogens is 420 g/mol. The van der Waals surface area contributed by atoms with Gasteiger partial charge in [-0.15, -0.1) is 0 Å². The second-order valence-corrected chi connectivity index (χ2v) is 8.91. The zero-order valence-corrected chi connectivity index (χ0v) is 16.8. The molecular formula is C18H19BrN2O4S. The van der Waals surface area contributed by atoms with Crippen LogP contribution in [-0.2, 0) is 14.8 Å². The van der Waals surface area contributed by atoms with E-state index in [9.17, 15) is 13.2 Å². The summed E-state index contributed by atoms with van der Waals surface area (Å²) in [4.78, 5) is 12.7. The van der Waals surface area contributed by atoms with Gasteiger partial charge in [-0.25, -0.2) is 8.42 Å². The van der Waals surface area contributed by atoms with Crippen LogP contribution in [-0.4, -0.2) is 33.2 Å². The molecule has 0 saturated carbocycles. The first-order valence-corrected chi connectivity index (χ1v) is 10.7. The number of halogens is 1. The van der Waals surface area contributed by atoms with Gasteiger partial charge in [0.2, 0.25) is 10.0 Å². The van der Waals surface area contributed by atoms with Crippen LogP contribution in [0.3, 0.4) is 0 Å². The van der Waals surface area contributed by atoms with Crippen molar-refractivity contribution in [2.24, 2.45) is 0 Å². The fourth-order valence-corrected chi connectivity index (χ4v) is 4.00. The second-order valence-electron chi connectivity index (χ2n) is 6.15. The number of rotatable bonds is 3. The zero-order valence-electron chi connectivity index (χ0n) is 14.4. The van der Waals surface area contributed by atoms with Crippen molar-refractivity contribution in [3.05, 3.63) is 52.5 Å². The number of aryl methyl sites for hydroxylation is 1. The Labute approximate surface area is 161 Å². The SMILES string of the molecule is Cc1cc(NC(=O)[C@H]2CCN(S(C)(=O)=O)c3ccccc3O2)ccc1Br. The van der Waals surface area contributed by atoms with Crippen LogP contribution in [0.1, 0.15) is 12.0 Å². The summed E-state index contributed by atoms with van der Waals surface area (Å²) in [5.74, 6) is 0.0689. The molecule has 2 aromatic rings. The van der Waals surface area contributed by atoms with Gasteiger partial charge in [-0.1, -0.05) is 28.1 Å². The van der Waals surface area contributed by atoms with Gasteiger partial charge in [0, 0.05) is 23.1 Å². The highest BCUT2D eigenvalue weighted by molar-refractivity contribution is 9.10. The van der Waals surface area contributed by atoms with Crippen LogP contribution >= 0.6 is 15.9 Å². The number of nitrogens with zero attached hydrogens (tertiary/aromatic N) is 1. The van der Waals surface area contributed by atoms with Crippen molar-refractivity contribution in [3.8, 4) is 5.75 Å². The highest BCUT2D eigenvalue weighted by Crippen LogP contribution is 2.34. The third kappa shape index (κ3) is 4.02. The fraction of sp³-hybridized carbons (Fsp3) is 0.278. The molecule has 138 valence electrons. The molecule has 26 heavy (non-hydrogen) atoms. The zero-order chi connectivity index (χ0) is 18.9. The highest BCUT2D eigenvalue weighted by atomic mass is 79.9. The largest absolute Gasteiger partial charge is 0.478 e. The summed E-state index contributed by atoms with van der Waals surface area (Å²) in [5.41, 5.74) is 2.11. The van der Waals surface area contributed by atoms with E-state index < -0.39 is 16.1 Å². The molecule has 0 radical (unpaired) electrons. The third-order valence-corrected chi connectivity index (χ3v) is 6.19. The number of carbonyl (C=O) groups is 1. The van der Waals surface area contributed by atoms with Crippen molar-refractivity contribution in [2.75, 3.05) is 22.4 Å². The lowest BCUT2D eigenvalue weighted by atomic mass is 10.2. The number of anilines is 2. The molecule has 1 atom stereocenters. The van der Waals surface area contributed by atoms with Crippen molar-refractivity contribution >= 4 is 43.2 Å². The Balaban J connectivity index is 1.84. The number of benzene rings is 2. The molecule has 1 aliphatic heterocycles. The lowest BCUT2D eigenvalue weighted by Crippen LogP contribution is -2.36. The molecule has 3 rings (SSSR count). The van der Waals surface area contributed by atoms with Crippen LogP contribution in [0.15, 0.2) is 46.9 Å². The molecule has 0 spiro atoms. The molecule has 0 unspecified atom stereocenters. The highest BCUT2D eigenvalue weighted by Gasteiger charge is 2.31. The number of sulfonamides is 1. The van der Waals surface area contributed by atoms with E-state index in [4.69, 9.17) is 4.74 Å². The van der Waals surface area contributed by atoms with Gasteiger partial charge in [0.05, 0.1) is 11.9 Å². The minimum atomic E-state index is -3.46. The van der Waals surface area contributed by atoms with Crippen LogP contribution in [0.25, 0.3) is 0 Å². The minimum absolute atomic E-state index is 0.174. The molecule has 0 bridgehead atoms. The summed E-state index contributed by atoms with van der Waals surface area (Å²) < 4.78 is 32.3. The Morgan fingerprint density at radius 3 is 2.69 bits per heavy atom. The Kier molecular flexibility index (Phi) is 5.24. The van der Waals surface area contributed by atoms with Crippen LogP contribution < -0.4 is 14.4 Å². The number of fused-ring (bicyclic) bond motifs is 1. The molecule has 0 saturated heterocycles. The van der Waals surface area contributed by atoms with Gasteiger partial charge in [0.15, 0.2) is 6.10 Å². The molecule has 1 heterocycles. The predicted octanol–water partition coefficient (Wildman–Crippen LogP) is 3.31. The summed E-state index contributed by atoms with van der Waals surface area (Å²) in [5, 5.41) is 2.84. The average molecular weight is 439 g/mol. The number of para-hydroxylation sites is 2. The Bertz CT molecular complexity index is 946. The lowest BCUT2D eigenvalue weighted by molar-refractivity contribution is -0.122. The topological polar surface area (TPSA) is 75.7 Å². The maximum Gasteiger partial charge on any atom is 0.265 e. The van der Waals surface area contributed by atoms with Gasteiger partial charge in [-0.2, -0.15) is 0 Å². The monoisotopic (exact) mass is 438 g/mol. The van der Waals surface area contributed by atoms with E-state index in [1.165, 1.54) is 4.31 Å². The van der Waals surface area contributed by atoms with Crippen molar-refractivity contribution in [3.63, 3.8) is 0 Å². The van der Waals surface area contributed by atoms with Gasteiger partial charge in [-0.3, -0.25) is 9.10 Å². The quantitative estimate of drug-likeness (QED) is 0.797. The Morgan fingerprint density at radius 2 is 2.00 bits per heavy atom. The summed E-state index contributed by atoms with van der Waals surface area (Å²) in [7, 11) is -3.46. The van der Waals surface area contributed by atoms with Crippen LogP contribution in [0.2, 0.25) is 0 Å². The van der Waals surface area contributed by atoms with Crippen LogP contribution in [0.5, 0.6) is 5.75 Å². The molecule has 1 N–H and O–H groups in total. The van der Waals surface area contributed by atoms with E-state index in [1.54, 1.807) is 30.3 Å². The van der Waals surface area contributed by atoms with Crippen LogP contribution in [0, 0.1) is 6.92 Å². The Hall–Kier alpha value is -2.06. The standard InChI is InChI=1S/C18H19BrN2O4S/c1-12-11-13(7-8-14(12)19)20-18(22)17-9-10-21(26(2,23)24)15-5-3-4-6-16(15)25-17/h3-8,11,17H,9-10H2,1-2H3,(H,20,22)/t17-/m1/s1. The maximum absolute atomic E-state index is 12.7. The van der Waals surface area contributed by atoms with Crippen molar-refractivity contribution < 1.29 is 17.9 Å². The van der Waals surface area contributed by atoms with Crippen LogP contribution in [0.4, 0.5) is 11.4 Å². The smallest absolute Gasteiger partial charge is 0.265 e. The van der Waals surface area contributed by atoms with E-state index in [0.717, 1.165) is 16.3 Å². The second kappa shape index (κ2) is 7.28. The number of carbonyl (C=O) groups excluding carboxylic acids is 1. The molecule has 8 heteroatoms. The fourth-order valence-electron chi connectivity index (χ4n) is 2.80. The predicted molar refractivity (Wildman–Crippen MR) is 105 cm³/mol. The molecule has 1 amide bonds. The molecule has 2 aromatic carbocycles. The number of ether oxygens (including phenoxy) is 1. The van der Waals surface area contributed by atoms with E-state index in [1.807, 2.05) is 19.1 Å². The molecule has 1 aliphatic rings. The first-order valence-electron chi connectivity index (χ1n) is 8.06. The van der Waals surface area contributed by atoms with Gasteiger partial charge < -0.3 is 10.1 Å². The van der Waals surface area contributed by atoms with E-state index in [0.29, 0.717) is 17.1 Å². The average Bonchev–Trinajstić information content (AvgIpc) is 2.77. The molecule has 0 aromatic heterocycles. The minimum Gasteiger partial charge on any atom is -0.478 e. The van der Waals surface area contributed by atoms with Gasteiger partial charge in [0.1, 0.15) is 5.75 Å². The van der Waals surface area contributed by atoms with Crippen molar-refractivity contribution in [1.82, 2.24) is 0 Å². The third-order valence-electron chi connectivity index (χ3n) is 4.12. The molecule has 0 aliphatic carbocycles. The van der Waals surface area contributed by atoms with Gasteiger partial charge in [-0.05, 0) is 42.8 Å². The van der Waals surface area contributed by atoms with E-state index in [-0.39, 0.29) is 18.9 Å². The summed E-state index contributed by atoms with van der Waals surface area (Å²) in [6.07, 6.45) is 0.615.